The number of likely N-dealkylation sites (N-methyl/N-ethyl adjacent to an activating group) is 2. The first-order valence-electron chi connectivity index (χ1n) is 8.75. The molecule has 2 atom stereocenters. The Hall–Kier alpha value is -1.83. The highest BCUT2D eigenvalue weighted by atomic mass is 16.6. The van der Waals surface area contributed by atoms with Gasteiger partial charge in [-0.3, -0.25) is 9.69 Å². The maximum Gasteiger partial charge on any atom is 0.410 e. The third-order valence-corrected chi connectivity index (χ3v) is 4.26. The molecule has 0 aliphatic rings. The summed E-state index contributed by atoms with van der Waals surface area (Å²) < 4.78 is 5.33. The van der Waals surface area contributed by atoms with Crippen LogP contribution in [0.25, 0.3) is 0 Å². The largest absolute Gasteiger partial charge is 0.480 e. The molecule has 0 bridgehead atoms. The monoisotopic (exact) mass is 374 g/mol. The first-order valence-corrected chi connectivity index (χ1v) is 8.75. The van der Waals surface area contributed by atoms with Gasteiger partial charge in [0.15, 0.2) is 0 Å². The molecule has 0 heterocycles. The summed E-state index contributed by atoms with van der Waals surface area (Å²) in [5.41, 5.74) is -2.29. The van der Waals surface area contributed by atoms with Gasteiger partial charge in [0.1, 0.15) is 17.2 Å². The van der Waals surface area contributed by atoms with E-state index in [-0.39, 0.29) is 18.9 Å². The van der Waals surface area contributed by atoms with E-state index in [1.54, 1.807) is 20.8 Å². The molecule has 0 radical (unpaired) electrons. The van der Waals surface area contributed by atoms with Crippen molar-refractivity contribution in [1.29, 1.82) is 0 Å². The number of carboxylic acids is 1. The third kappa shape index (κ3) is 6.48. The van der Waals surface area contributed by atoms with Crippen LogP contribution < -0.4 is 0 Å². The molecule has 0 aliphatic heterocycles. The molecule has 0 unspecified atom stereocenters. The molecule has 0 saturated heterocycles. The second-order valence-electron chi connectivity index (χ2n) is 8.19. The minimum Gasteiger partial charge on any atom is -0.480 e. The molecule has 0 spiro atoms. The zero-order chi connectivity index (χ0) is 20.9. The lowest BCUT2D eigenvalue weighted by molar-refractivity contribution is -0.159. The number of carbonyl (C=O) groups excluding carboxylic acids is 2. The average Bonchev–Trinajstić information content (AvgIpc) is 2.48. The Kier molecular flexibility index (Phi) is 8.56. The number of aliphatic hydroxyl groups excluding tert-OH is 1. The van der Waals surface area contributed by atoms with Crippen molar-refractivity contribution in [1.82, 2.24) is 9.80 Å². The Morgan fingerprint density at radius 1 is 1.08 bits per heavy atom. The molecule has 0 aromatic heterocycles. The van der Waals surface area contributed by atoms with E-state index < -0.39 is 35.2 Å². The molecule has 2 N–H and O–H groups in total. The van der Waals surface area contributed by atoms with Gasteiger partial charge in [-0.1, -0.05) is 13.8 Å². The van der Waals surface area contributed by atoms with Crippen LogP contribution in [0.4, 0.5) is 4.79 Å². The van der Waals surface area contributed by atoms with Gasteiger partial charge in [0.05, 0.1) is 0 Å². The lowest BCUT2D eigenvalue weighted by Crippen LogP contribution is -2.59. The van der Waals surface area contributed by atoms with Crippen molar-refractivity contribution in [3.63, 3.8) is 0 Å². The number of amides is 2. The van der Waals surface area contributed by atoms with Gasteiger partial charge in [0, 0.05) is 27.1 Å². The van der Waals surface area contributed by atoms with E-state index in [9.17, 15) is 24.6 Å². The average molecular weight is 374 g/mol. The maximum absolute atomic E-state index is 13.0. The van der Waals surface area contributed by atoms with Gasteiger partial charge >= 0.3 is 12.1 Å². The summed E-state index contributed by atoms with van der Waals surface area (Å²) in [5, 5.41) is 18.7. The summed E-state index contributed by atoms with van der Waals surface area (Å²) in [4.78, 5) is 39.4. The number of hydrogen-bond acceptors (Lipinski definition) is 5. The van der Waals surface area contributed by atoms with Gasteiger partial charge in [-0.15, -0.1) is 0 Å². The Bertz CT molecular complexity index is 514. The van der Waals surface area contributed by atoms with Gasteiger partial charge in [0.25, 0.3) is 0 Å². The number of carboxylic acid groups (broad SMARTS) is 1. The quantitative estimate of drug-likeness (QED) is 0.672. The molecule has 0 aliphatic carbocycles. The zero-order valence-electron chi connectivity index (χ0n) is 17.2. The number of ether oxygens (including phenoxy) is 1. The Morgan fingerprint density at radius 3 is 1.92 bits per heavy atom. The Morgan fingerprint density at radius 2 is 1.58 bits per heavy atom. The van der Waals surface area contributed by atoms with Crippen LogP contribution in [0.2, 0.25) is 0 Å². The molecule has 0 aromatic rings. The van der Waals surface area contributed by atoms with E-state index in [4.69, 9.17) is 4.74 Å². The summed E-state index contributed by atoms with van der Waals surface area (Å²) >= 11 is 0. The summed E-state index contributed by atoms with van der Waals surface area (Å²) in [7, 11) is 2.85. The van der Waals surface area contributed by atoms with Crippen LogP contribution in [-0.4, -0.2) is 75.9 Å². The first-order chi connectivity index (χ1) is 11.7. The number of carbonyl (C=O) groups is 3. The van der Waals surface area contributed by atoms with Crippen molar-refractivity contribution in [3.05, 3.63) is 0 Å². The summed E-state index contributed by atoms with van der Waals surface area (Å²) in [6.07, 6.45) is -0.410. The smallest absolute Gasteiger partial charge is 0.410 e. The molecule has 0 fully saturated rings. The highest BCUT2D eigenvalue weighted by Gasteiger charge is 2.43. The lowest BCUT2D eigenvalue weighted by Gasteiger charge is -2.39. The predicted octanol–water partition coefficient (Wildman–Crippen LogP) is 1.95. The molecule has 26 heavy (non-hydrogen) atoms. The van der Waals surface area contributed by atoms with Crippen molar-refractivity contribution < 1.29 is 29.3 Å². The van der Waals surface area contributed by atoms with Crippen LogP contribution in [0.15, 0.2) is 0 Å². The van der Waals surface area contributed by atoms with Crippen LogP contribution in [0.5, 0.6) is 0 Å². The maximum atomic E-state index is 13.0. The van der Waals surface area contributed by atoms with Gasteiger partial charge in [0.2, 0.25) is 5.91 Å². The third-order valence-electron chi connectivity index (χ3n) is 4.26. The molecular formula is C18H34N2O6. The summed E-state index contributed by atoms with van der Waals surface area (Å²) in [6.45, 7) is 10.0. The van der Waals surface area contributed by atoms with Gasteiger partial charge < -0.3 is 19.8 Å². The van der Waals surface area contributed by atoms with E-state index in [2.05, 4.69) is 0 Å². The molecule has 0 aromatic carbocycles. The van der Waals surface area contributed by atoms with Gasteiger partial charge in [-0.05, 0) is 40.0 Å². The molecule has 152 valence electrons. The Labute approximate surface area is 156 Å². The van der Waals surface area contributed by atoms with E-state index in [0.29, 0.717) is 6.42 Å². The normalized spacial score (nSPS) is 15.2. The first kappa shape index (κ1) is 24.2. The van der Waals surface area contributed by atoms with E-state index >= 15 is 0 Å². The second-order valence-corrected chi connectivity index (χ2v) is 8.19. The van der Waals surface area contributed by atoms with Gasteiger partial charge in [-0.2, -0.15) is 0 Å². The zero-order valence-corrected chi connectivity index (χ0v) is 17.2. The van der Waals surface area contributed by atoms with Crippen LogP contribution in [0, 0.1) is 5.92 Å². The Balaban J connectivity index is 5.68. The molecule has 0 saturated carbocycles. The molecule has 2 amide bonds. The lowest BCUT2D eigenvalue weighted by atomic mass is 9.93. The number of aliphatic carboxylic acids is 1. The summed E-state index contributed by atoms with van der Waals surface area (Å²) in [6, 6.07) is -0.868. The van der Waals surface area contributed by atoms with Crippen LogP contribution in [-0.2, 0) is 14.3 Å². The van der Waals surface area contributed by atoms with Crippen molar-refractivity contribution >= 4 is 18.0 Å². The fourth-order valence-electron chi connectivity index (χ4n) is 2.43. The molecule has 8 heteroatoms. The topological polar surface area (TPSA) is 107 Å². The number of hydrogen-bond donors (Lipinski definition) is 2. The molecular weight excluding hydrogens is 340 g/mol. The number of aliphatic hydroxyl groups is 1. The van der Waals surface area contributed by atoms with Crippen LogP contribution in [0.1, 0.15) is 54.4 Å². The summed E-state index contributed by atoms with van der Waals surface area (Å²) in [5.74, 6) is -1.63. The van der Waals surface area contributed by atoms with E-state index in [1.165, 1.54) is 25.9 Å². The predicted molar refractivity (Wildman–Crippen MR) is 97.8 cm³/mol. The second kappa shape index (κ2) is 9.21. The van der Waals surface area contributed by atoms with Crippen LogP contribution >= 0.6 is 0 Å². The van der Waals surface area contributed by atoms with Crippen molar-refractivity contribution in [2.24, 2.45) is 5.92 Å². The highest BCUT2D eigenvalue weighted by Crippen LogP contribution is 2.23. The fraction of sp³-hybridized carbons (Fsp3) is 0.833. The minimum atomic E-state index is -1.57. The highest BCUT2D eigenvalue weighted by molar-refractivity contribution is 5.91. The van der Waals surface area contributed by atoms with Crippen molar-refractivity contribution in [2.75, 3.05) is 20.7 Å². The van der Waals surface area contributed by atoms with Crippen molar-refractivity contribution in [3.8, 4) is 0 Å². The fourth-order valence-corrected chi connectivity index (χ4v) is 2.43. The number of rotatable bonds is 8. The molecule has 0 rings (SSSR count). The molecule has 8 nitrogen and oxygen atoms in total. The standard InChI is InChI=1S/C18H34N2O6/c1-12(2)11-13(19(7)16(25)26-17(3,4)5)14(22)20(8)18(6,9-10-21)15(23)24/h12-13,21H,9-11H2,1-8H3,(H,23,24)/t13-,18+/m0/s1. The minimum absolute atomic E-state index is 0.0937. The SMILES string of the molecule is CC(C)C[C@@H](C(=O)N(C)[C@](C)(CCO)C(=O)O)N(C)C(=O)OC(C)(C)C. The van der Waals surface area contributed by atoms with Gasteiger partial charge in [-0.25, -0.2) is 9.59 Å². The van der Waals surface area contributed by atoms with Crippen molar-refractivity contribution in [2.45, 2.75) is 71.6 Å². The number of nitrogens with zero attached hydrogens (tertiary/aromatic N) is 2. The van der Waals surface area contributed by atoms with Crippen LogP contribution in [0.3, 0.4) is 0 Å². The van der Waals surface area contributed by atoms with E-state index in [0.717, 1.165) is 4.90 Å². The van der Waals surface area contributed by atoms with E-state index in [1.807, 2.05) is 13.8 Å².